The van der Waals surface area contributed by atoms with Crippen molar-refractivity contribution < 1.29 is 9.18 Å². The molecule has 5 aromatic rings. The van der Waals surface area contributed by atoms with Crippen LogP contribution in [0.1, 0.15) is 16.7 Å². The number of amides is 2. The number of imidazole rings is 1. The number of aromatic nitrogens is 3. The van der Waals surface area contributed by atoms with Crippen LogP contribution in [-0.2, 0) is 6.54 Å². The van der Waals surface area contributed by atoms with E-state index in [2.05, 4.69) is 33.0 Å². The van der Waals surface area contributed by atoms with Crippen LogP contribution in [0.3, 0.4) is 0 Å². The molecule has 0 saturated heterocycles. The van der Waals surface area contributed by atoms with E-state index in [0.717, 1.165) is 33.4 Å². The highest BCUT2D eigenvalue weighted by molar-refractivity contribution is 5.89. The molecule has 2 heterocycles. The fourth-order valence-electron chi connectivity index (χ4n) is 4.00. The Hall–Kier alpha value is -4.46. The summed E-state index contributed by atoms with van der Waals surface area (Å²) in [6, 6.07) is 17.6. The van der Waals surface area contributed by atoms with Crippen molar-refractivity contribution in [3.05, 3.63) is 89.4 Å². The van der Waals surface area contributed by atoms with Crippen molar-refractivity contribution in [2.75, 3.05) is 10.6 Å². The van der Waals surface area contributed by atoms with Crippen LogP contribution >= 0.6 is 0 Å². The number of urea groups is 1. The number of hydrogen-bond donors (Lipinski definition) is 3. The van der Waals surface area contributed by atoms with Crippen LogP contribution in [0.2, 0.25) is 0 Å². The molecule has 4 N–H and O–H groups in total. The number of benzene rings is 3. The molecule has 0 aliphatic rings. The summed E-state index contributed by atoms with van der Waals surface area (Å²) in [5.74, 6) is 0.296. The zero-order valence-electron chi connectivity index (χ0n) is 18.8. The number of carbonyl (C=O) groups is 1. The number of nitrogens with one attached hydrogen (secondary N) is 2. The van der Waals surface area contributed by atoms with Gasteiger partial charge in [-0.25, -0.2) is 19.2 Å². The molecule has 170 valence electrons. The van der Waals surface area contributed by atoms with Gasteiger partial charge in [0.05, 0.1) is 22.9 Å². The summed E-state index contributed by atoms with van der Waals surface area (Å²) >= 11 is 0. The van der Waals surface area contributed by atoms with Crippen LogP contribution in [0.5, 0.6) is 0 Å². The highest BCUT2D eigenvalue weighted by Gasteiger charge is 2.16. The lowest BCUT2D eigenvalue weighted by Gasteiger charge is -2.13. The maximum atomic E-state index is 14.2. The first-order chi connectivity index (χ1) is 16.4. The van der Waals surface area contributed by atoms with E-state index in [9.17, 15) is 9.18 Å². The SMILES string of the molecule is Cc1cc2nc(NCc3ccccc3F)c3ncc(-c4ccc(NC(N)=O)cc4)n3c2cc1C. The minimum absolute atomic E-state index is 0.271. The van der Waals surface area contributed by atoms with E-state index in [4.69, 9.17) is 10.7 Å². The van der Waals surface area contributed by atoms with Gasteiger partial charge in [0, 0.05) is 23.4 Å². The first kappa shape index (κ1) is 21.4. The first-order valence-electron chi connectivity index (χ1n) is 10.8. The van der Waals surface area contributed by atoms with Crippen LogP contribution in [0, 0.1) is 19.7 Å². The summed E-state index contributed by atoms with van der Waals surface area (Å²) in [4.78, 5) is 20.6. The van der Waals surface area contributed by atoms with Gasteiger partial charge in [0.2, 0.25) is 0 Å². The lowest BCUT2D eigenvalue weighted by Crippen LogP contribution is -2.19. The number of anilines is 2. The molecule has 0 radical (unpaired) electrons. The molecule has 0 bridgehead atoms. The Bertz CT molecular complexity index is 1540. The van der Waals surface area contributed by atoms with Gasteiger partial charge in [-0.15, -0.1) is 0 Å². The Labute approximate surface area is 195 Å². The van der Waals surface area contributed by atoms with Gasteiger partial charge in [-0.1, -0.05) is 30.3 Å². The van der Waals surface area contributed by atoms with Gasteiger partial charge in [0.25, 0.3) is 0 Å². The zero-order valence-corrected chi connectivity index (χ0v) is 18.8. The highest BCUT2D eigenvalue weighted by Crippen LogP contribution is 2.30. The van der Waals surface area contributed by atoms with Gasteiger partial charge >= 0.3 is 6.03 Å². The van der Waals surface area contributed by atoms with Crippen molar-refractivity contribution in [3.8, 4) is 11.3 Å². The number of rotatable bonds is 5. The van der Waals surface area contributed by atoms with E-state index in [1.54, 1.807) is 36.5 Å². The summed E-state index contributed by atoms with van der Waals surface area (Å²) in [6.07, 6.45) is 1.79. The molecule has 0 aliphatic carbocycles. The quantitative estimate of drug-likeness (QED) is 0.331. The lowest BCUT2D eigenvalue weighted by molar-refractivity contribution is 0.259. The van der Waals surface area contributed by atoms with E-state index in [0.29, 0.717) is 22.7 Å². The van der Waals surface area contributed by atoms with E-state index < -0.39 is 6.03 Å². The second-order valence-corrected chi connectivity index (χ2v) is 8.20. The molecule has 2 amide bonds. The van der Waals surface area contributed by atoms with Crippen LogP contribution in [0.15, 0.2) is 66.9 Å². The minimum Gasteiger partial charge on any atom is -0.363 e. The number of halogens is 1. The van der Waals surface area contributed by atoms with Crippen molar-refractivity contribution in [1.29, 1.82) is 0 Å². The third-order valence-electron chi connectivity index (χ3n) is 5.89. The third kappa shape index (κ3) is 3.90. The van der Waals surface area contributed by atoms with Crippen molar-refractivity contribution in [1.82, 2.24) is 14.4 Å². The van der Waals surface area contributed by atoms with Crippen LogP contribution < -0.4 is 16.4 Å². The van der Waals surface area contributed by atoms with Crippen molar-refractivity contribution in [3.63, 3.8) is 0 Å². The van der Waals surface area contributed by atoms with Gasteiger partial charge in [0.1, 0.15) is 5.82 Å². The number of hydrogen-bond acceptors (Lipinski definition) is 4. The lowest BCUT2D eigenvalue weighted by atomic mass is 10.1. The molecular weight excluding hydrogens is 431 g/mol. The molecule has 0 saturated carbocycles. The summed E-state index contributed by atoms with van der Waals surface area (Å²) in [7, 11) is 0. The molecule has 0 aliphatic heterocycles. The molecule has 0 unspecified atom stereocenters. The summed E-state index contributed by atoms with van der Waals surface area (Å²) < 4.78 is 16.2. The normalized spacial score (nSPS) is 11.1. The molecule has 8 heteroatoms. The Morgan fingerprint density at radius 1 is 1.06 bits per heavy atom. The molecule has 0 spiro atoms. The number of nitrogens with two attached hydrogens (primary N) is 1. The fraction of sp³-hybridized carbons (Fsp3) is 0.115. The maximum absolute atomic E-state index is 14.2. The molecule has 2 aromatic heterocycles. The summed E-state index contributed by atoms with van der Waals surface area (Å²) in [6.45, 7) is 4.39. The summed E-state index contributed by atoms with van der Waals surface area (Å²) in [5.41, 5.74) is 12.8. The van der Waals surface area contributed by atoms with E-state index in [-0.39, 0.29) is 12.4 Å². The molecule has 7 nitrogen and oxygen atoms in total. The Kier molecular flexibility index (Phi) is 5.33. The zero-order chi connectivity index (χ0) is 23.8. The number of fused-ring (bicyclic) bond motifs is 3. The summed E-state index contributed by atoms with van der Waals surface area (Å²) in [5, 5.41) is 5.84. The van der Waals surface area contributed by atoms with E-state index >= 15 is 0 Å². The molecule has 34 heavy (non-hydrogen) atoms. The minimum atomic E-state index is -0.615. The van der Waals surface area contributed by atoms with Crippen molar-refractivity contribution in [2.45, 2.75) is 20.4 Å². The van der Waals surface area contributed by atoms with E-state index in [1.807, 2.05) is 25.1 Å². The van der Waals surface area contributed by atoms with Gasteiger partial charge in [-0.2, -0.15) is 0 Å². The second kappa shape index (κ2) is 8.47. The number of nitrogens with zero attached hydrogens (tertiary/aromatic N) is 3. The monoisotopic (exact) mass is 454 g/mol. The topological polar surface area (TPSA) is 97.3 Å². The highest BCUT2D eigenvalue weighted by atomic mass is 19.1. The molecular formula is C26H23FN6O. The maximum Gasteiger partial charge on any atom is 0.316 e. The molecule has 0 atom stereocenters. The van der Waals surface area contributed by atoms with Gasteiger partial charge in [0.15, 0.2) is 11.5 Å². The fourth-order valence-corrected chi connectivity index (χ4v) is 4.00. The second-order valence-electron chi connectivity index (χ2n) is 8.20. The Morgan fingerprint density at radius 3 is 2.53 bits per heavy atom. The molecule has 5 rings (SSSR count). The number of primary amides is 1. The van der Waals surface area contributed by atoms with Crippen LogP contribution in [0.4, 0.5) is 20.7 Å². The average Bonchev–Trinajstić information content (AvgIpc) is 3.25. The van der Waals surface area contributed by atoms with Crippen LogP contribution in [-0.4, -0.2) is 20.4 Å². The first-order valence-corrected chi connectivity index (χ1v) is 10.8. The van der Waals surface area contributed by atoms with E-state index in [1.165, 1.54) is 6.07 Å². The standard InChI is InChI=1S/C26H23FN6O/c1-15-11-21-22(12-16(15)2)33-23(17-7-9-19(10-8-17)31-26(28)34)14-30-25(33)24(32-21)29-13-18-5-3-4-6-20(18)27/h3-12,14H,13H2,1-2H3,(H,29,32)(H3,28,31,34). The van der Waals surface area contributed by atoms with Crippen LogP contribution in [0.25, 0.3) is 27.9 Å². The molecule has 0 fully saturated rings. The predicted octanol–water partition coefficient (Wildman–Crippen LogP) is 5.41. The Balaban J connectivity index is 1.65. The van der Waals surface area contributed by atoms with Crippen molar-refractivity contribution in [2.24, 2.45) is 5.73 Å². The van der Waals surface area contributed by atoms with Gasteiger partial charge in [-0.05, 0) is 55.3 Å². The van der Waals surface area contributed by atoms with Gasteiger partial charge < -0.3 is 16.4 Å². The largest absolute Gasteiger partial charge is 0.363 e. The molecule has 3 aromatic carbocycles. The predicted molar refractivity (Wildman–Crippen MR) is 132 cm³/mol. The average molecular weight is 455 g/mol. The third-order valence-corrected chi connectivity index (χ3v) is 5.89. The Morgan fingerprint density at radius 2 is 1.79 bits per heavy atom. The van der Waals surface area contributed by atoms with Crippen molar-refractivity contribution >= 4 is 34.2 Å². The van der Waals surface area contributed by atoms with Gasteiger partial charge in [-0.3, -0.25) is 4.40 Å². The smallest absolute Gasteiger partial charge is 0.316 e. The number of carbonyl (C=O) groups excluding carboxylic acids is 1. The number of aryl methyl sites for hydroxylation is 2.